The van der Waals surface area contributed by atoms with Crippen molar-refractivity contribution in [3.63, 3.8) is 0 Å². The number of hydrogen-bond acceptors (Lipinski definition) is 3. The Kier molecular flexibility index (Phi) is 5.66. The first-order valence-corrected chi connectivity index (χ1v) is 9.68. The van der Waals surface area contributed by atoms with E-state index in [9.17, 15) is 4.79 Å². The van der Waals surface area contributed by atoms with E-state index in [-0.39, 0.29) is 17.6 Å². The van der Waals surface area contributed by atoms with E-state index in [4.69, 9.17) is 21.1 Å². The number of para-hydroxylation sites is 1. The van der Waals surface area contributed by atoms with Gasteiger partial charge < -0.3 is 14.8 Å². The molecular formula is C22H26ClNO3. The second-order valence-corrected chi connectivity index (χ2v) is 8.02. The molecule has 1 N–H and O–H groups in total. The normalized spacial score (nSPS) is 18.8. The van der Waals surface area contributed by atoms with Crippen LogP contribution in [0.5, 0.6) is 11.5 Å². The second kappa shape index (κ2) is 7.81. The Hall–Kier alpha value is -2.20. The number of carbonyl (C=O) groups excluding carboxylic acids is 1. The summed E-state index contributed by atoms with van der Waals surface area (Å²) in [4.78, 5) is 12.9. The van der Waals surface area contributed by atoms with Gasteiger partial charge >= 0.3 is 0 Å². The van der Waals surface area contributed by atoms with Gasteiger partial charge in [0.2, 0.25) is 0 Å². The van der Waals surface area contributed by atoms with Gasteiger partial charge in [-0.15, -0.1) is 0 Å². The van der Waals surface area contributed by atoms with Crippen LogP contribution >= 0.6 is 11.6 Å². The molecule has 1 aliphatic heterocycles. The molecule has 0 saturated carbocycles. The average Bonchev–Trinajstić information content (AvgIpc) is 2.59. The van der Waals surface area contributed by atoms with E-state index in [1.165, 1.54) is 0 Å². The number of nitrogens with one attached hydrogen (secondary N) is 1. The highest BCUT2D eigenvalue weighted by Crippen LogP contribution is 2.40. The number of ether oxygens (including phenoxy) is 2. The fraction of sp³-hybridized carbons (Fsp3) is 0.409. The summed E-state index contributed by atoms with van der Waals surface area (Å²) < 4.78 is 12.0. The van der Waals surface area contributed by atoms with E-state index < -0.39 is 6.10 Å². The lowest BCUT2D eigenvalue weighted by Gasteiger charge is -2.38. The minimum Gasteiger partial charge on any atom is -0.487 e. The third-order valence-electron chi connectivity index (χ3n) is 4.71. The van der Waals surface area contributed by atoms with E-state index in [2.05, 4.69) is 5.32 Å². The van der Waals surface area contributed by atoms with Crippen molar-refractivity contribution in [2.45, 2.75) is 58.3 Å². The zero-order valence-electron chi connectivity index (χ0n) is 16.2. The summed E-state index contributed by atoms with van der Waals surface area (Å²) in [5, 5.41) is 3.65. The van der Waals surface area contributed by atoms with Crippen molar-refractivity contribution in [1.82, 2.24) is 5.32 Å². The van der Waals surface area contributed by atoms with Crippen LogP contribution in [0.4, 0.5) is 0 Å². The first-order valence-electron chi connectivity index (χ1n) is 9.30. The SMILES string of the molecule is CC[C@@H](Oc1ccccc1Cl)C(=O)N[C@H]1CC(C)(C)Oc2cc(C)ccc21. The molecule has 4 nitrogen and oxygen atoms in total. The number of hydrogen-bond donors (Lipinski definition) is 1. The Morgan fingerprint density at radius 2 is 2.07 bits per heavy atom. The van der Waals surface area contributed by atoms with Crippen molar-refractivity contribution in [3.8, 4) is 11.5 Å². The molecule has 144 valence electrons. The van der Waals surface area contributed by atoms with Crippen LogP contribution in [0.15, 0.2) is 42.5 Å². The van der Waals surface area contributed by atoms with Crippen LogP contribution in [0.25, 0.3) is 0 Å². The lowest BCUT2D eigenvalue weighted by atomic mass is 9.89. The number of aryl methyl sites for hydroxylation is 1. The smallest absolute Gasteiger partial charge is 0.261 e. The maximum Gasteiger partial charge on any atom is 0.261 e. The average molecular weight is 388 g/mol. The highest BCUT2D eigenvalue weighted by molar-refractivity contribution is 6.32. The molecule has 27 heavy (non-hydrogen) atoms. The minimum absolute atomic E-state index is 0.124. The van der Waals surface area contributed by atoms with Crippen molar-refractivity contribution >= 4 is 17.5 Å². The first-order chi connectivity index (χ1) is 12.8. The van der Waals surface area contributed by atoms with Gasteiger partial charge in [0, 0.05) is 12.0 Å². The maximum absolute atomic E-state index is 12.9. The molecule has 1 aliphatic rings. The summed E-state index contributed by atoms with van der Waals surface area (Å²) in [6, 6.07) is 13.2. The zero-order chi connectivity index (χ0) is 19.6. The molecule has 3 rings (SSSR count). The summed E-state index contributed by atoms with van der Waals surface area (Å²) in [7, 11) is 0. The second-order valence-electron chi connectivity index (χ2n) is 7.61. The molecule has 1 amide bonds. The maximum atomic E-state index is 12.9. The summed E-state index contributed by atoms with van der Waals surface area (Å²) in [6.45, 7) is 8.03. The standard InChI is InChI=1S/C22H26ClNO3/c1-5-18(26-19-9-7-6-8-16(19)23)21(25)24-17-13-22(3,4)27-20-12-14(2)10-11-15(17)20/h6-12,17-18H,5,13H2,1-4H3,(H,24,25)/t17-,18+/m0/s1. The van der Waals surface area contributed by atoms with E-state index in [0.717, 1.165) is 16.9 Å². The molecule has 2 aromatic rings. The Labute approximate surface area is 165 Å². The van der Waals surface area contributed by atoms with Crippen molar-refractivity contribution in [1.29, 1.82) is 0 Å². The highest BCUT2D eigenvalue weighted by atomic mass is 35.5. The monoisotopic (exact) mass is 387 g/mol. The van der Waals surface area contributed by atoms with Gasteiger partial charge in [0.15, 0.2) is 6.10 Å². The Balaban J connectivity index is 1.79. The predicted molar refractivity (Wildman–Crippen MR) is 108 cm³/mol. The molecule has 0 unspecified atom stereocenters. The largest absolute Gasteiger partial charge is 0.487 e. The van der Waals surface area contributed by atoms with Crippen LogP contribution in [0, 0.1) is 6.92 Å². The number of rotatable bonds is 5. The number of carbonyl (C=O) groups is 1. The van der Waals surface area contributed by atoms with Gasteiger partial charge in [-0.25, -0.2) is 0 Å². The van der Waals surface area contributed by atoms with Crippen LogP contribution in [0.2, 0.25) is 5.02 Å². The number of amides is 1. The van der Waals surface area contributed by atoms with E-state index in [1.807, 2.05) is 58.0 Å². The van der Waals surface area contributed by atoms with Gasteiger partial charge in [0.1, 0.15) is 17.1 Å². The third kappa shape index (κ3) is 4.56. The number of halogens is 1. The van der Waals surface area contributed by atoms with Gasteiger partial charge in [-0.05, 0) is 51.0 Å². The van der Waals surface area contributed by atoms with Gasteiger partial charge in [0.25, 0.3) is 5.91 Å². The van der Waals surface area contributed by atoms with Crippen LogP contribution in [-0.4, -0.2) is 17.6 Å². The molecule has 1 heterocycles. The van der Waals surface area contributed by atoms with Crippen LogP contribution in [0.3, 0.4) is 0 Å². The zero-order valence-corrected chi connectivity index (χ0v) is 17.0. The topological polar surface area (TPSA) is 47.6 Å². The van der Waals surface area contributed by atoms with E-state index in [0.29, 0.717) is 23.6 Å². The summed E-state index contributed by atoms with van der Waals surface area (Å²) >= 11 is 6.17. The fourth-order valence-corrected chi connectivity index (χ4v) is 3.55. The van der Waals surface area contributed by atoms with Gasteiger partial charge in [-0.2, -0.15) is 0 Å². The van der Waals surface area contributed by atoms with Gasteiger partial charge in [-0.3, -0.25) is 4.79 Å². The molecule has 0 saturated heterocycles. The Bertz CT molecular complexity index is 834. The quantitative estimate of drug-likeness (QED) is 0.764. The predicted octanol–water partition coefficient (Wildman–Crippen LogP) is 5.22. The molecule has 0 aliphatic carbocycles. The fourth-order valence-electron chi connectivity index (χ4n) is 3.37. The molecule has 0 aromatic heterocycles. The van der Waals surface area contributed by atoms with E-state index >= 15 is 0 Å². The number of fused-ring (bicyclic) bond motifs is 1. The molecule has 2 aromatic carbocycles. The molecule has 0 fully saturated rings. The van der Waals surface area contributed by atoms with Crippen LogP contribution < -0.4 is 14.8 Å². The highest BCUT2D eigenvalue weighted by Gasteiger charge is 2.35. The molecule has 0 radical (unpaired) electrons. The van der Waals surface area contributed by atoms with Crippen molar-refractivity contribution in [2.75, 3.05) is 0 Å². The molecule has 2 atom stereocenters. The van der Waals surface area contributed by atoms with Crippen molar-refractivity contribution < 1.29 is 14.3 Å². The van der Waals surface area contributed by atoms with Crippen molar-refractivity contribution in [3.05, 3.63) is 58.6 Å². The summed E-state index contributed by atoms with van der Waals surface area (Å²) in [5.74, 6) is 1.20. The van der Waals surface area contributed by atoms with Gasteiger partial charge in [-0.1, -0.05) is 42.8 Å². The lowest BCUT2D eigenvalue weighted by molar-refractivity contribution is -0.129. The number of benzene rings is 2. The third-order valence-corrected chi connectivity index (χ3v) is 5.02. The Morgan fingerprint density at radius 3 is 2.78 bits per heavy atom. The lowest BCUT2D eigenvalue weighted by Crippen LogP contribution is -2.45. The minimum atomic E-state index is -0.607. The summed E-state index contributed by atoms with van der Waals surface area (Å²) in [6.07, 6.45) is 0.631. The van der Waals surface area contributed by atoms with Crippen LogP contribution in [-0.2, 0) is 4.79 Å². The van der Waals surface area contributed by atoms with E-state index in [1.54, 1.807) is 12.1 Å². The van der Waals surface area contributed by atoms with Gasteiger partial charge in [0.05, 0.1) is 11.1 Å². The molecule has 0 spiro atoms. The van der Waals surface area contributed by atoms with Crippen LogP contribution in [0.1, 0.15) is 50.8 Å². The summed E-state index contributed by atoms with van der Waals surface area (Å²) in [5.41, 5.74) is 1.77. The Morgan fingerprint density at radius 1 is 1.33 bits per heavy atom. The molecule has 0 bridgehead atoms. The molecule has 5 heteroatoms. The first kappa shape index (κ1) is 19.6. The van der Waals surface area contributed by atoms with Crippen molar-refractivity contribution in [2.24, 2.45) is 0 Å². The molecular weight excluding hydrogens is 362 g/mol.